The number of piperidine rings is 1. The zero-order valence-corrected chi connectivity index (χ0v) is 21.7. The first-order valence-corrected chi connectivity index (χ1v) is 13.6. The molecule has 0 spiro atoms. The third-order valence-corrected chi connectivity index (χ3v) is 8.45. The SMILES string of the molecule is Cc1ccnc(Nc2cccc(-c3cnc(N(C)C4CCC(C(=O)N5CCC(O)CC5)CC4)s3)n2)c1. The van der Waals surface area contributed by atoms with E-state index in [1.807, 2.05) is 48.4 Å². The predicted octanol–water partition coefficient (Wildman–Crippen LogP) is 4.63. The first kappa shape index (κ1) is 24.6. The van der Waals surface area contributed by atoms with Crippen molar-refractivity contribution in [3.8, 4) is 10.6 Å². The minimum Gasteiger partial charge on any atom is -0.393 e. The summed E-state index contributed by atoms with van der Waals surface area (Å²) in [6.45, 7) is 3.42. The summed E-state index contributed by atoms with van der Waals surface area (Å²) in [6.07, 6.45) is 8.63. The quantitative estimate of drug-likeness (QED) is 0.503. The normalized spacial score (nSPS) is 20.8. The number of carbonyl (C=O) groups excluding carboxylic acids is 1. The van der Waals surface area contributed by atoms with Crippen LogP contribution in [0.5, 0.6) is 0 Å². The molecule has 8 nitrogen and oxygen atoms in total. The Labute approximate surface area is 216 Å². The molecule has 1 amide bonds. The average Bonchev–Trinajstić information content (AvgIpc) is 3.39. The van der Waals surface area contributed by atoms with E-state index in [0.717, 1.165) is 58.6 Å². The van der Waals surface area contributed by atoms with Gasteiger partial charge in [-0.2, -0.15) is 0 Å². The van der Waals surface area contributed by atoms with Crippen LogP contribution in [0.1, 0.15) is 44.1 Å². The van der Waals surface area contributed by atoms with Crippen molar-refractivity contribution in [2.45, 2.75) is 57.6 Å². The van der Waals surface area contributed by atoms with Crippen molar-refractivity contribution >= 4 is 34.0 Å². The number of aliphatic hydroxyl groups is 1. The molecule has 9 heteroatoms. The molecule has 2 fully saturated rings. The molecule has 0 bridgehead atoms. The minimum atomic E-state index is -0.249. The second-order valence-corrected chi connectivity index (χ2v) is 10.9. The number of likely N-dealkylation sites (tertiary alicyclic amines) is 1. The highest BCUT2D eigenvalue weighted by molar-refractivity contribution is 7.18. The molecular formula is C27H34N6O2S. The fourth-order valence-electron chi connectivity index (χ4n) is 5.13. The summed E-state index contributed by atoms with van der Waals surface area (Å²) in [4.78, 5) is 32.0. The molecule has 5 rings (SSSR count). The highest BCUT2D eigenvalue weighted by Gasteiger charge is 2.33. The van der Waals surface area contributed by atoms with Gasteiger partial charge in [0, 0.05) is 44.5 Å². The van der Waals surface area contributed by atoms with Crippen molar-refractivity contribution in [2.24, 2.45) is 5.92 Å². The lowest BCUT2D eigenvalue weighted by Crippen LogP contribution is -2.45. The van der Waals surface area contributed by atoms with E-state index >= 15 is 0 Å². The molecular weight excluding hydrogens is 472 g/mol. The molecule has 0 unspecified atom stereocenters. The smallest absolute Gasteiger partial charge is 0.225 e. The molecule has 36 heavy (non-hydrogen) atoms. The monoisotopic (exact) mass is 506 g/mol. The Bertz CT molecular complexity index is 1180. The van der Waals surface area contributed by atoms with Crippen molar-refractivity contribution in [2.75, 3.05) is 30.4 Å². The van der Waals surface area contributed by atoms with E-state index in [0.29, 0.717) is 32.0 Å². The number of aliphatic hydroxyl groups excluding tert-OH is 1. The van der Waals surface area contributed by atoms with Crippen LogP contribution in [-0.4, -0.2) is 63.1 Å². The van der Waals surface area contributed by atoms with Crippen molar-refractivity contribution in [3.05, 3.63) is 48.3 Å². The van der Waals surface area contributed by atoms with Gasteiger partial charge in [0.15, 0.2) is 5.13 Å². The fraction of sp³-hybridized carbons (Fsp3) is 0.481. The summed E-state index contributed by atoms with van der Waals surface area (Å²) in [7, 11) is 2.11. The number of hydrogen-bond acceptors (Lipinski definition) is 8. The van der Waals surface area contributed by atoms with Gasteiger partial charge in [0.25, 0.3) is 0 Å². The topological polar surface area (TPSA) is 94.5 Å². The van der Waals surface area contributed by atoms with E-state index in [1.54, 1.807) is 17.5 Å². The number of nitrogens with zero attached hydrogens (tertiary/aromatic N) is 5. The van der Waals surface area contributed by atoms with Crippen molar-refractivity contribution in [1.29, 1.82) is 0 Å². The van der Waals surface area contributed by atoms with Crippen LogP contribution >= 0.6 is 11.3 Å². The van der Waals surface area contributed by atoms with Gasteiger partial charge in [-0.05, 0) is 75.3 Å². The van der Waals surface area contributed by atoms with Crippen molar-refractivity contribution < 1.29 is 9.90 Å². The van der Waals surface area contributed by atoms with Gasteiger partial charge in [-0.1, -0.05) is 17.4 Å². The van der Waals surface area contributed by atoms with Gasteiger partial charge in [-0.25, -0.2) is 15.0 Å². The number of nitrogens with one attached hydrogen (secondary N) is 1. The zero-order chi connectivity index (χ0) is 25.1. The second-order valence-electron chi connectivity index (χ2n) is 9.93. The van der Waals surface area contributed by atoms with Crippen LogP contribution in [0.2, 0.25) is 0 Å². The lowest BCUT2D eigenvalue weighted by atomic mass is 9.84. The molecule has 1 saturated carbocycles. The van der Waals surface area contributed by atoms with Gasteiger partial charge >= 0.3 is 0 Å². The summed E-state index contributed by atoms with van der Waals surface area (Å²) in [5.74, 6) is 1.91. The molecule has 0 radical (unpaired) electrons. The second kappa shape index (κ2) is 10.9. The van der Waals surface area contributed by atoms with Crippen LogP contribution in [0.3, 0.4) is 0 Å². The van der Waals surface area contributed by atoms with E-state index in [2.05, 4.69) is 22.2 Å². The number of thiazole rings is 1. The Morgan fingerprint density at radius 3 is 2.61 bits per heavy atom. The van der Waals surface area contributed by atoms with Crippen molar-refractivity contribution in [1.82, 2.24) is 19.9 Å². The highest BCUT2D eigenvalue weighted by Crippen LogP contribution is 2.35. The van der Waals surface area contributed by atoms with Gasteiger partial charge in [0.05, 0.1) is 16.7 Å². The summed E-state index contributed by atoms with van der Waals surface area (Å²) in [6, 6.07) is 10.3. The zero-order valence-electron chi connectivity index (χ0n) is 20.9. The Morgan fingerprint density at radius 2 is 1.86 bits per heavy atom. The number of pyridine rings is 2. The van der Waals surface area contributed by atoms with Crippen LogP contribution < -0.4 is 10.2 Å². The van der Waals surface area contributed by atoms with Crippen molar-refractivity contribution in [3.63, 3.8) is 0 Å². The molecule has 190 valence electrons. The van der Waals surface area contributed by atoms with Gasteiger partial charge in [0.1, 0.15) is 11.6 Å². The Kier molecular flexibility index (Phi) is 7.48. The molecule has 2 N–H and O–H groups in total. The first-order valence-electron chi connectivity index (χ1n) is 12.8. The highest BCUT2D eigenvalue weighted by atomic mass is 32.1. The number of hydrogen-bond donors (Lipinski definition) is 2. The molecule has 4 heterocycles. The van der Waals surface area contributed by atoms with E-state index in [4.69, 9.17) is 9.97 Å². The summed E-state index contributed by atoms with van der Waals surface area (Å²) < 4.78 is 0. The molecule has 2 aliphatic rings. The molecule has 1 aliphatic heterocycles. The number of aromatic nitrogens is 3. The van der Waals surface area contributed by atoms with Gasteiger partial charge in [-0.3, -0.25) is 4.79 Å². The minimum absolute atomic E-state index is 0.110. The first-order chi connectivity index (χ1) is 17.5. The Hall–Kier alpha value is -3.04. The summed E-state index contributed by atoms with van der Waals surface area (Å²) >= 11 is 1.65. The molecule has 3 aromatic rings. The van der Waals surface area contributed by atoms with Gasteiger partial charge < -0.3 is 20.2 Å². The third kappa shape index (κ3) is 5.68. The maximum atomic E-state index is 12.9. The largest absolute Gasteiger partial charge is 0.393 e. The fourth-order valence-corrected chi connectivity index (χ4v) is 6.05. The van der Waals surface area contributed by atoms with Crippen LogP contribution in [0, 0.1) is 12.8 Å². The van der Waals surface area contributed by atoms with E-state index in [1.165, 1.54) is 0 Å². The van der Waals surface area contributed by atoms with Crippen LogP contribution in [-0.2, 0) is 4.79 Å². The van der Waals surface area contributed by atoms with Crippen LogP contribution in [0.15, 0.2) is 42.7 Å². The maximum absolute atomic E-state index is 12.9. The third-order valence-electron chi connectivity index (χ3n) is 7.34. The molecule has 3 aromatic heterocycles. The number of anilines is 3. The van der Waals surface area contributed by atoms with E-state index < -0.39 is 0 Å². The number of aryl methyl sites for hydroxylation is 1. The Morgan fingerprint density at radius 1 is 1.08 bits per heavy atom. The van der Waals surface area contributed by atoms with E-state index in [9.17, 15) is 9.90 Å². The van der Waals surface area contributed by atoms with Gasteiger partial charge in [0.2, 0.25) is 5.91 Å². The molecule has 1 saturated heterocycles. The molecule has 0 atom stereocenters. The summed E-state index contributed by atoms with van der Waals surface area (Å²) in [5, 5.41) is 14.0. The van der Waals surface area contributed by atoms with E-state index in [-0.39, 0.29) is 17.9 Å². The standard InChI is InChI=1S/C27H34N6O2S/c1-18-10-13-28-25(16-18)31-24-5-3-4-22(30-24)23-17-29-27(36-23)32(2)20-8-6-19(7-9-20)26(35)33-14-11-21(34)12-15-33/h3-5,10,13,16-17,19-21,34H,6-9,11-12,14-15H2,1-2H3,(H,28,30,31). The molecule has 1 aliphatic carbocycles. The lowest BCUT2D eigenvalue weighted by Gasteiger charge is -2.37. The predicted molar refractivity (Wildman–Crippen MR) is 144 cm³/mol. The number of amides is 1. The average molecular weight is 507 g/mol. The van der Waals surface area contributed by atoms with Crippen LogP contribution in [0.4, 0.5) is 16.8 Å². The number of rotatable bonds is 6. The van der Waals surface area contributed by atoms with Gasteiger partial charge in [-0.15, -0.1) is 0 Å². The molecule has 0 aromatic carbocycles. The Balaban J connectivity index is 1.19. The number of carbonyl (C=O) groups is 1. The maximum Gasteiger partial charge on any atom is 0.225 e. The lowest BCUT2D eigenvalue weighted by molar-refractivity contribution is -0.138. The van der Waals surface area contributed by atoms with Crippen LogP contribution in [0.25, 0.3) is 10.6 Å². The summed E-state index contributed by atoms with van der Waals surface area (Å²) in [5.41, 5.74) is 2.02.